The van der Waals surface area contributed by atoms with E-state index >= 15 is 0 Å². The molecule has 128 valence electrons. The van der Waals surface area contributed by atoms with Crippen LogP contribution in [0.5, 0.6) is 0 Å². The standard InChI is InChI=1S/C20H42O/c1-15(2,3)17(7,8)18(9,10)19(11,12)20(13,14)21-16(4,5)6/h1-14H3. The highest BCUT2D eigenvalue weighted by molar-refractivity contribution is 5.07. The van der Waals surface area contributed by atoms with Crippen LogP contribution in [0.15, 0.2) is 0 Å². The first kappa shape index (κ1) is 21.0. The summed E-state index contributed by atoms with van der Waals surface area (Å²) in [7, 11) is 0. The highest BCUT2D eigenvalue weighted by Crippen LogP contribution is 2.62. The van der Waals surface area contributed by atoms with E-state index in [1.165, 1.54) is 0 Å². The molecule has 0 amide bonds. The van der Waals surface area contributed by atoms with Crippen LogP contribution in [-0.4, -0.2) is 11.2 Å². The third-order valence-electron chi connectivity index (χ3n) is 7.07. The first-order valence-corrected chi connectivity index (χ1v) is 8.41. The number of hydrogen-bond acceptors (Lipinski definition) is 1. The number of hydrogen-bond donors (Lipinski definition) is 0. The Labute approximate surface area is 135 Å². The molecule has 0 N–H and O–H groups in total. The monoisotopic (exact) mass is 298 g/mol. The van der Waals surface area contributed by atoms with Crippen molar-refractivity contribution in [2.45, 2.75) is 108 Å². The first-order valence-electron chi connectivity index (χ1n) is 8.41. The van der Waals surface area contributed by atoms with E-state index in [4.69, 9.17) is 4.74 Å². The van der Waals surface area contributed by atoms with Crippen LogP contribution in [0.1, 0.15) is 96.9 Å². The van der Waals surface area contributed by atoms with Crippen molar-refractivity contribution in [3.05, 3.63) is 0 Å². The fourth-order valence-electron chi connectivity index (χ4n) is 3.36. The Morgan fingerprint density at radius 1 is 0.429 bits per heavy atom. The van der Waals surface area contributed by atoms with Crippen molar-refractivity contribution in [1.82, 2.24) is 0 Å². The number of rotatable bonds is 4. The van der Waals surface area contributed by atoms with Gasteiger partial charge < -0.3 is 4.74 Å². The van der Waals surface area contributed by atoms with Crippen LogP contribution >= 0.6 is 0 Å². The lowest BCUT2D eigenvalue weighted by atomic mass is 9.45. The first-order chi connectivity index (χ1) is 8.71. The second-order valence-corrected chi connectivity index (χ2v) is 10.8. The van der Waals surface area contributed by atoms with Crippen LogP contribution in [0.2, 0.25) is 0 Å². The van der Waals surface area contributed by atoms with Gasteiger partial charge in [-0.15, -0.1) is 0 Å². The Kier molecular flexibility index (Phi) is 5.24. The summed E-state index contributed by atoms with van der Waals surface area (Å²) in [5, 5.41) is 0. The summed E-state index contributed by atoms with van der Waals surface area (Å²) in [6.45, 7) is 32.3. The average molecular weight is 299 g/mol. The van der Waals surface area contributed by atoms with E-state index in [0.717, 1.165) is 0 Å². The van der Waals surface area contributed by atoms with Gasteiger partial charge in [-0.25, -0.2) is 0 Å². The van der Waals surface area contributed by atoms with Gasteiger partial charge in [0.2, 0.25) is 0 Å². The quantitative estimate of drug-likeness (QED) is 0.560. The molecule has 0 unspecified atom stereocenters. The summed E-state index contributed by atoms with van der Waals surface area (Å²) in [6.07, 6.45) is 0. The molecule has 0 aromatic heterocycles. The molecule has 0 atom stereocenters. The lowest BCUT2D eigenvalue weighted by Gasteiger charge is -2.62. The molecule has 0 fully saturated rings. The van der Waals surface area contributed by atoms with Crippen LogP contribution in [0.25, 0.3) is 0 Å². The molecule has 0 aromatic carbocycles. The van der Waals surface area contributed by atoms with Gasteiger partial charge in [0.15, 0.2) is 0 Å². The summed E-state index contributed by atoms with van der Waals surface area (Å²) in [5.41, 5.74) is 0.171. The maximum Gasteiger partial charge on any atom is 0.0689 e. The van der Waals surface area contributed by atoms with Crippen molar-refractivity contribution in [3.8, 4) is 0 Å². The molecular formula is C20H42O. The lowest BCUT2D eigenvalue weighted by molar-refractivity contribution is -0.227. The van der Waals surface area contributed by atoms with E-state index in [0.29, 0.717) is 0 Å². The van der Waals surface area contributed by atoms with Crippen molar-refractivity contribution in [1.29, 1.82) is 0 Å². The van der Waals surface area contributed by atoms with Gasteiger partial charge in [0.05, 0.1) is 11.2 Å². The zero-order valence-corrected chi connectivity index (χ0v) is 17.4. The molecule has 0 aliphatic carbocycles. The van der Waals surface area contributed by atoms with E-state index in [1.807, 2.05) is 0 Å². The van der Waals surface area contributed by atoms with Crippen LogP contribution in [-0.2, 0) is 4.74 Å². The van der Waals surface area contributed by atoms with E-state index < -0.39 is 0 Å². The maximum atomic E-state index is 6.48. The topological polar surface area (TPSA) is 9.23 Å². The van der Waals surface area contributed by atoms with Crippen LogP contribution in [0, 0.1) is 21.7 Å². The molecule has 0 saturated heterocycles. The predicted molar refractivity (Wildman–Crippen MR) is 95.7 cm³/mol. The second kappa shape index (κ2) is 5.25. The predicted octanol–water partition coefficient (Wildman–Crippen LogP) is 6.70. The van der Waals surface area contributed by atoms with Gasteiger partial charge in [0.1, 0.15) is 0 Å². The molecule has 0 aliphatic rings. The van der Waals surface area contributed by atoms with Gasteiger partial charge in [0.25, 0.3) is 0 Å². The molecule has 21 heavy (non-hydrogen) atoms. The van der Waals surface area contributed by atoms with E-state index in [1.54, 1.807) is 0 Å². The third-order valence-corrected chi connectivity index (χ3v) is 7.07. The van der Waals surface area contributed by atoms with Crippen molar-refractivity contribution in [2.24, 2.45) is 21.7 Å². The zero-order valence-electron chi connectivity index (χ0n) is 17.4. The Morgan fingerprint density at radius 3 is 1.00 bits per heavy atom. The Balaban J connectivity index is 5.89. The molecule has 0 aromatic rings. The van der Waals surface area contributed by atoms with Crippen LogP contribution < -0.4 is 0 Å². The summed E-state index contributed by atoms with van der Waals surface area (Å²) < 4.78 is 6.48. The van der Waals surface area contributed by atoms with Gasteiger partial charge in [-0.1, -0.05) is 62.3 Å². The summed E-state index contributed by atoms with van der Waals surface area (Å²) in [6, 6.07) is 0. The lowest BCUT2D eigenvalue weighted by Crippen LogP contribution is -2.60. The fraction of sp³-hybridized carbons (Fsp3) is 1.00. The largest absolute Gasteiger partial charge is 0.369 e. The average Bonchev–Trinajstić information content (AvgIpc) is 2.10. The van der Waals surface area contributed by atoms with Gasteiger partial charge in [-0.3, -0.25) is 0 Å². The van der Waals surface area contributed by atoms with Gasteiger partial charge in [-0.05, 0) is 56.3 Å². The Bertz CT molecular complexity index is 356. The van der Waals surface area contributed by atoms with E-state index in [9.17, 15) is 0 Å². The van der Waals surface area contributed by atoms with Gasteiger partial charge in [0, 0.05) is 0 Å². The molecule has 0 spiro atoms. The molecule has 0 saturated carbocycles. The third kappa shape index (κ3) is 3.66. The van der Waals surface area contributed by atoms with Gasteiger partial charge >= 0.3 is 0 Å². The number of ether oxygens (including phenoxy) is 1. The normalized spacial score (nSPS) is 16.3. The van der Waals surface area contributed by atoms with Crippen molar-refractivity contribution >= 4 is 0 Å². The fourth-order valence-corrected chi connectivity index (χ4v) is 3.36. The smallest absolute Gasteiger partial charge is 0.0689 e. The maximum absolute atomic E-state index is 6.48. The minimum absolute atomic E-state index is 0.0179. The molecule has 0 aliphatic heterocycles. The molecule has 0 heterocycles. The van der Waals surface area contributed by atoms with Crippen LogP contribution in [0.3, 0.4) is 0 Å². The highest BCUT2D eigenvalue weighted by atomic mass is 16.5. The van der Waals surface area contributed by atoms with Crippen LogP contribution in [0.4, 0.5) is 0 Å². The Morgan fingerprint density at radius 2 is 0.762 bits per heavy atom. The summed E-state index contributed by atoms with van der Waals surface area (Å²) >= 11 is 0. The van der Waals surface area contributed by atoms with Crippen molar-refractivity contribution in [2.75, 3.05) is 0 Å². The minimum Gasteiger partial charge on any atom is -0.369 e. The Hall–Kier alpha value is -0.0400. The highest BCUT2D eigenvalue weighted by Gasteiger charge is 2.58. The molecule has 0 radical (unpaired) electrons. The van der Waals surface area contributed by atoms with E-state index in [-0.39, 0.29) is 32.9 Å². The van der Waals surface area contributed by atoms with Crippen molar-refractivity contribution < 1.29 is 4.74 Å². The molecule has 0 rings (SSSR count). The van der Waals surface area contributed by atoms with Crippen molar-refractivity contribution in [3.63, 3.8) is 0 Å². The second-order valence-electron chi connectivity index (χ2n) is 10.8. The minimum atomic E-state index is -0.211. The van der Waals surface area contributed by atoms with E-state index in [2.05, 4.69) is 96.9 Å². The van der Waals surface area contributed by atoms with Gasteiger partial charge in [-0.2, -0.15) is 0 Å². The molecular weight excluding hydrogens is 256 g/mol. The SMILES string of the molecule is CC(C)(C)OC(C)(C)C(C)(C)C(C)(C)C(C)(C)C(C)(C)C. The summed E-state index contributed by atoms with van der Waals surface area (Å²) in [5.74, 6) is 0. The zero-order chi connectivity index (χ0) is 17.7. The molecule has 1 nitrogen and oxygen atoms in total. The summed E-state index contributed by atoms with van der Waals surface area (Å²) in [4.78, 5) is 0. The molecule has 1 heteroatoms. The molecule has 0 bridgehead atoms.